The fourth-order valence-electron chi connectivity index (χ4n) is 11.8. The molecule has 0 radical (unpaired) electrons. The molecule has 0 saturated carbocycles. The van der Waals surface area contributed by atoms with E-state index in [1.165, 1.54) is 231 Å². The van der Waals surface area contributed by atoms with Crippen molar-refractivity contribution in [3.8, 4) is 0 Å². The zero-order valence-corrected chi connectivity index (χ0v) is 53.0. The Morgan fingerprint density at radius 1 is 0.221 bits per heavy atom. The van der Waals surface area contributed by atoms with Crippen molar-refractivity contribution in [3.05, 3.63) is 0 Å². The number of hydrogen-bond acceptors (Lipinski definition) is 8. The summed E-state index contributed by atoms with van der Waals surface area (Å²) in [5, 5.41) is 58.1. The zero-order valence-electron chi connectivity index (χ0n) is 53.0. The van der Waals surface area contributed by atoms with Gasteiger partial charge in [0.2, 0.25) is 0 Å². The van der Waals surface area contributed by atoms with E-state index in [9.17, 15) is 20.4 Å². The van der Waals surface area contributed by atoms with E-state index in [0.29, 0.717) is 26.2 Å². The van der Waals surface area contributed by atoms with E-state index in [2.05, 4.69) is 49.0 Å². The number of nitrogens with zero attached hydrogens (tertiary/aromatic N) is 1. The fraction of sp³-hybridized carbons (Fsp3) is 1.00. The molecule has 8 N–H and O–H groups in total. The van der Waals surface area contributed by atoms with Crippen LogP contribution in [0.4, 0.5) is 0 Å². The van der Waals surface area contributed by atoms with E-state index < -0.39 is 0 Å². The van der Waals surface area contributed by atoms with Gasteiger partial charge in [-0.1, -0.05) is 285 Å². The summed E-state index contributed by atoms with van der Waals surface area (Å²) in [4.78, 5) is 0. The molecule has 0 aliphatic carbocycles. The summed E-state index contributed by atoms with van der Waals surface area (Å²) in [5.74, 6) is 0. The monoisotopic (exact) mass is 1100 g/mol. The molecule has 0 aromatic heterocycles. The number of quaternary nitrogens is 1. The largest absolute Gasteiger partial charge is 0.392 e. The van der Waals surface area contributed by atoms with Gasteiger partial charge in [0, 0.05) is 78.0 Å². The smallest absolute Gasteiger partial charge is 0.0798 e. The Bertz CT molecular complexity index is 924. The average molecular weight is 1100 g/mol. The Hall–Kier alpha value is -0.360. The summed E-state index contributed by atoms with van der Waals surface area (Å²) in [5.41, 5.74) is 0. The van der Waals surface area contributed by atoms with E-state index in [-0.39, 0.29) is 24.4 Å². The van der Waals surface area contributed by atoms with Crippen LogP contribution in [-0.4, -0.2) is 128 Å². The van der Waals surface area contributed by atoms with Gasteiger partial charge in [-0.15, -0.1) is 0 Å². The Morgan fingerprint density at radius 2 is 0.377 bits per heavy atom. The minimum Gasteiger partial charge on any atom is -0.392 e. The second-order valence-corrected chi connectivity index (χ2v) is 25.0. The molecular formula is C68H144N5O4+. The van der Waals surface area contributed by atoms with Gasteiger partial charge in [0.25, 0.3) is 0 Å². The van der Waals surface area contributed by atoms with Gasteiger partial charge in [0.1, 0.15) is 0 Å². The van der Waals surface area contributed by atoms with E-state index in [1.54, 1.807) is 0 Å². The molecule has 0 rings (SSSR count). The Balaban J connectivity index is 5.30. The van der Waals surface area contributed by atoms with Crippen LogP contribution in [0.3, 0.4) is 0 Å². The van der Waals surface area contributed by atoms with Crippen molar-refractivity contribution in [2.75, 3.05) is 78.5 Å². The third-order valence-corrected chi connectivity index (χ3v) is 17.0. The molecule has 4 unspecified atom stereocenters. The number of rotatable bonds is 68. The summed E-state index contributed by atoms with van der Waals surface area (Å²) in [6.07, 6.45) is 59.7. The van der Waals surface area contributed by atoms with Crippen LogP contribution in [0.15, 0.2) is 0 Å². The normalized spacial score (nSPS) is 14.3. The van der Waals surface area contributed by atoms with Gasteiger partial charge in [0.15, 0.2) is 0 Å². The van der Waals surface area contributed by atoms with Gasteiger partial charge >= 0.3 is 0 Å². The first-order valence-corrected chi connectivity index (χ1v) is 35.2. The lowest BCUT2D eigenvalue weighted by atomic mass is 10.0. The van der Waals surface area contributed by atoms with Crippen LogP contribution in [-0.2, 0) is 0 Å². The molecular weight excluding hydrogens is 951 g/mol. The van der Waals surface area contributed by atoms with Gasteiger partial charge in [-0.2, -0.15) is 0 Å². The second kappa shape index (κ2) is 63.2. The van der Waals surface area contributed by atoms with Crippen LogP contribution in [0.25, 0.3) is 0 Å². The van der Waals surface area contributed by atoms with Crippen LogP contribution < -0.4 is 21.3 Å². The van der Waals surface area contributed by atoms with Crippen molar-refractivity contribution in [3.63, 3.8) is 0 Å². The third kappa shape index (κ3) is 58.6. The number of aliphatic hydroxyl groups excluding tert-OH is 4. The molecule has 0 fully saturated rings. The average Bonchev–Trinajstić information content (AvgIpc) is 3.42. The third-order valence-electron chi connectivity index (χ3n) is 17.0. The van der Waals surface area contributed by atoms with Gasteiger partial charge in [-0.3, -0.25) is 0 Å². The van der Waals surface area contributed by atoms with Crippen LogP contribution in [0.1, 0.15) is 336 Å². The molecule has 4 atom stereocenters. The summed E-state index contributed by atoms with van der Waals surface area (Å²) >= 11 is 0. The highest BCUT2D eigenvalue weighted by atomic mass is 16.3. The van der Waals surface area contributed by atoms with E-state index in [4.69, 9.17) is 0 Å². The lowest BCUT2D eigenvalue weighted by molar-refractivity contribution is -0.928. The van der Waals surface area contributed by atoms with Gasteiger partial charge in [-0.25, -0.2) is 0 Å². The predicted molar refractivity (Wildman–Crippen MR) is 340 cm³/mol. The van der Waals surface area contributed by atoms with Crippen molar-refractivity contribution in [2.45, 2.75) is 360 Å². The van der Waals surface area contributed by atoms with E-state index >= 15 is 0 Å². The van der Waals surface area contributed by atoms with Crippen molar-refractivity contribution >= 4 is 0 Å². The highest BCUT2D eigenvalue weighted by Crippen LogP contribution is 2.18. The van der Waals surface area contributed by atoms with Crippen molar-refractivity contribution < 1.29 is 24.9 Å². The maximum Gasteiger partial charge on any atom is 0.0798 e. The molecule has 9 heteroatoms. The van der Waals surface area contributed by atoms with E-state index in [1.807, 2.05) is 0 Å². The molecule has 0 aliphatic rings. The van der Waals surface area contributed by atoms with Crippen molar-refractivity contribution in [1.29, 1.82) is 0 Å². The molecule has 0 amide bonds. The summed E-state index contributed by atoms with van der Waals surface area (Å²) in [7, 11) is 0. The molecule has 0 aliphatic heterocycles. The molecule has 0 aromatic rings. The van der Waals surface area contributed by atoms with Crippen LogP contribution in [0.5, 0.6) is 0 Å². The maximum absolute atomic E-state index is 10.9. The van der Waals surface area contributed by atoms with Crippen LogP contribution in [0.2, 0.25) is 0 Å². The minimum absolute atomic E-state index is 0.270. The molecule has 0 bridgehead atoms. The summed E-state index contributed by atoms with van der Waals surface area (Å²) in [6.45, 7) is 20.0. The zero-order chi connectivity index (χ0) is 56.1. The predicted octanol–water partition coefficient (Wildman–Crippen LogP) is 16.4. The second-order valence-electron chi connectivity index (χ2n) is 25.0. The topological polar surface area (TPSA) is 129 Å². The van der Waals surface area contributed by atoms with Crippen molar-refractivity contribution in [1.82, 2.24) is 21.3 Å². The molecule has 9 nitrogen and oxygen atoms in total. The first-order chi connectivity index (χ1) is 37.8. The fourth-order valence-corrected chi connectivity index (χ4v) is 11.8. The highest BCUT2D eigenvalue weighted by Gasteiger charge is 2.26. The highest BCUT2D eigenvalue weighted by molar-refractivity contribution is 4.66. The molecule has 0 saturated heterocycles. The first-order valence-electron chi connectivity index (χ1n) is 35.2. The molecule has 464 valence electrons. The quantitative estimate of drug-likeness (QED) is 0.0223. The van der Waals surface area contributed by atoms with Crippen LogP contribution >= 0.6 is 0 Å². The van der Waals surface area contributed by atoms with Gasteiger partial charge in [-0.05, 0) is 25.7 Å². The van der Waals surface area contributed by atoms with Gasteiger partial charge in [0.05, 0.1) is 50.6 Å². The Morgan fingerprint density at radius 3 is 0.545 bits per heavy atom. The first kappa shape index (κ1) is 76.6. The number of hydrogen-bond donors (Lipinski definition) is 8. The summed E-state index contributed by atoms with van der Waals surface area (Å²) < 4.78 is 1.07. The summed E-state index contributed by atoms with van der Waals surface area (Å²) in [6, 6.07) is 0. The van der Waals surface area contributed by atoms with E-state index in [0.717, 1.165) is 134 Å². The Labute approximate surface area is 483 Å². The lowest BCUT2D eigenvalue weighted by Crippen LogP contribution is -2.53. The minimum atomic E-state index is -0.270. The molecule has 0 spiro atoms. The SMILES string of the molecule is CCCCCCCCCCCCC(O)CNCCC[N+](CCCNCC(O)CCCCCCCCCCCC)(CCCNCC(O)CCCCCCCCCCCC)CCCNCC(O)CCCCCCCCCCCC. The number of aliphatic hydroxyl groups is 4. The Kier molecular flexibility index (Phi) is 62.9. The standard InChI is InChI=1S/C68H144N5O4/c1-5-9-13-17-21-25-29-33-37-41-49-65(74)61-69-53-45-57-73(58-46-54-70-62-66(75)50-42-38-34-30-26-22-18-14-10-6-2,59-47-55-71-63-67(76)51-43-39-35-31-27-23-19-15-11-7-3)60-48-56-72-64-68(77)52-44-40-36-32-28-24-20-16-12-8-4/h65-72,74-77H,5-64H2,1-4H3/q+1. The van der Waals surface area contributed by atoms with Gasteiger partial charge < -0.3 is 46.2 Å². The maximum atomic E-state index is 10.9. The lowest BCUT2D eigenvalue weighted by Gasteiger charge is -2.40. The van der Waals surface area contributed by atoms with Crippen molar-refractivity contribution in [2.24, 2.45) is 0 Å². The number of unbranched alkanes of at least 4 members (excludes halogenated alkanes) is 36. The number of nitrogens with one attached hydrogen (secondary N) is 4. The molecule has 77 heavy (non-hydrogen) atoms. The van der Waals surface area contributed by atoms with Crippen LogP contribution in [0, 0.1) is 0 Å². The molecule has 0 heterocycles. The molecule has 0 aromatic carbocycles.